The van der Waals surface area contributed by atoms with Crippen molar-refractivity contribution >= 4 is 38.5 Å². The number of Topliss-reactive ketones (excluding diaryl/α,β-unsaturated/α-hetero) is 1. The molecule has 10 heteroatoms. The van der Waals surface area contributed by atoms with Gasteiger partial charge in [0.25, 0.3) is 0 Å². The number of para-hydroxylation sites is 1. The van der Waals surface area contributed by atoms with Crippen molar-refractivity contribution < 1.29 is 13.2 Å². The van der Waals surface area contributed by atoms with E-state index in [0.29, 0.717) is 41.7 Å². The second-order valence-electron chi connectivity index (χ2n) is 9.79. The third-order valence-electron chi connectivity index (χ3n) is 7.13. The smallest absolute Gasteiger partial charge is 0.243 e. The second kappa shape index (κ2) is 12.0. The monoisotopic (exact) mass is 587 g/mol. The predicted molar refractivity (Wildman–Crippen MR) is 164 cm³/mol. The zero-order valence-corrected chi connectivity index (χ0v) is 25.2. The molecule has 0 saturated heterocycles. The first-order valence-corrected chi connectivity index (χ1v) is 15.9. The van der Waals surface area contributed by atoms with Crippen molar-refractivity contribution in [1.82, 2.24) is 24.1 Å². The number of hydrogen-bond donors (Lipinski definition) is 1. The highest BCUT2D eigenvalue weighted by atomic mass is 32.2. The fourth-order valence-electron chi connectivity index (χ4n) is 5.02. The standard InChI is InChI=1S/C31H33N5O3S2/c1-5-35(6-2)41(38,39)25-16-12-15-24(19-25)30-33-34-31(36(30)20-23-13-8-7-9-14-23)40-22(4)29(37)28-21(3)32-27-18-11-10-17-26(27)28/h7-19,22,32H,5-6,20H2,1-4H3/t22-/m1/s1. The van der Waals surface area contributed by atoms with Gasteiger partial charge >= 0.3 is 0 Å². The van der Waals surface area contributed by atoms with E-state index in [4.69, 9.17) is 0 Å². The highest BCUT2D eigenvalue weighted by molar-refractivity contribution is 8.00. The number of thioether (sulfide) groups is 1. The van der Waals surface area contributed by atoms with Gasteiger partial charge in [0.1, 0.15) is 0 Å². The molecule has 0 spiro atoms. The van der Waals surface area contributed by atoms with Gasteiger partial charge in [0.2, 0.25) is 10.0 Å². The van der Waals surface area contributed by atoms with Crippen LogP contribution in [0.15, 0.2) is 88.9 Å². The van der Waals surface area contributed by atoms with E-state index >= 15 is 0 Å². The summed E-state index contributed by atoms with van der Waals surface area (Å²) in [5.74, 6) is 0.545. The molecule has 3 aromatic carbocycles. The van der Waals surface area contributed by atoms with Crippen LogP contribution in [0, 0.1) is 6.92 Å². The first-order valence-electron chi connectivity index (χ1n) is 13.6. The molecule has 5 rings (SSSR count). The number of hydrogen-bond acceptors (Lipinski definition) is 6. The van der Waals surface area contributed by atoms with Crippen LogP contribution in [0.5, 0.6) is 0 Å². The number of aromatic amines is 1. The molecular weight excluding hydrogens is 555 g/mol. The van der Waals surface area contributed by atoms with Crippen LogP contribution in [-0.2, 0) is 16.6 Å². The van der Waals surface area contributed by atoms with Gasteiger partial charge in [-0.05, 0) is 37.6 Å². The van der Waals surface area contributed by atoms with Crippen LogP contribution in [0.4, 0.5) is 0 Å². The van der Waals surface area contributed by atoms with E-state index in [1.807, 2.05) is 92.9 Å². The lowest BCUT2D eigenvalue weighted by atomic mass is 10.1. The van der Waals surface area contributed by atoms with E-state index in [1.54, 1.807) is 18.2 Å². The predicted octanol–water partition coefficient (Wildman–Crippen LogP) is 6.18. The van der Waals surface area contributed by atoms with Gasteiger partial charge in [-0.25, -0.2) is 8.42 Å². The van der Waals surface area contributed by atoms with Crippen LogP contribution >= 0.6 is 11.8 Å². The third kappa shape index (κ3) is 5.72. The number of H-pyrrole nitrogens is 1. The summed E-state index contributed by atoms with van der Waals surface area (Å²) in [5, 5.41) is 10.0. The highest BCUT2D eigenvalue weighted by Gasteiger charge is 2.27. The maximum atomic E-state index is 13.7. The van der Waals surface area contributed by atoms with Crippen LogP contribution in [0.3, 0.4) is 0 Å². The normalized spacial score (nSPS) is 12.7. The minimum absolute atomic E-state index is 0.00748. The number of aryl methyl sites for hydroxylation is 1. The summed E-state index contributed by atoms with van der Waals surface area (Å²) >= 11 is 1.35. The third-order valence-corrected chi connectivity index (χ3v) is 10.3. The van der Waals surface area contributed by atoms with Gasteiger partial charge in [-0.1, -0.05) is 86.3 Å². The van der Waals surface area contributed by atoms with Gasteiger partial charge in [-0.15, -0.1) is 10.2 Å². The molecule has 0 aliphatic carbocycles. The number of ketones is 1. The Hall–Kier alpha value is -3.73. The lowest BCUT2D eigenvalue weighted by molar-refractivity contribution is 0.0995. The fraction of sp³-hybridized carbons (Fsp3) is 0.258. The fourth-order valence-corrected chi connectivity index (χ4v) is 7.43. The Morgan fingerprint density at radius 1 is 0.976 bits per heavy atom. The number of carbonyl (C=O) groups excluding carboxylic acids is 1. The number of benzene rings is 3. The maximum Gasteiger partial charge on any atom is 0.243 e. The molecule has 212 valence electrons. The lowest BCUT2D eigenvalue weighted by Gasteiger charge is -2.19. The molecule has 0 bridgehead atoms. The number of fused-ring (bicyclic) bond motifs is 1. The summed E-state index contributed by atoms with van der Waals surface area (Å²) in [4.78, 5) is 17.2. The first-order chi connectivity index (χ1) is 19.7. The van der Waals surface area contributed by atoms with Crippen LogP contribution in [-0.4, -0.2) is 56.6 Å². The van der Waals surface area contributed by atoms with E-state index in [-0.39, 0.29) is 10.7 Å². The minimum atomic E-state index is -3.65. The van der Waals surface area contributed by atoms with Gasteiger partial charge in [0.15, 0.2) is 16.8 Å². The van der Waals surface area contributed by atoms with E-state index in [0.717, 1.165) is 22.2 Å². The quantitative estimate of drug-likeness (QED) is 0.146. The molecule has 5 aromatic rings. The molecule has 0 aliphatic heterocycles. The van der Waals surface area contributed by atoms with Crippen molar-refractivity contribution in [3.8, 4) is 11.4 Å². The van der Waals surface area contributed by atoms with Crippen molar-refractivity contribution in [2.75, 3.05) is 13.1 Å². The largest absolute Gasteiger partial charge is 0.358 e. The van der Waals surface area contributed by atoms with Gasteiger partial charge in [0.05, 0.1) is 16.7 Å². The molecule has 41 heavy (non-hydrogen) atoms. The maximum absolute atomic E-state index is 13.7. The SMILES string of the molecule is CCN(CC)S(=O)(=O)c1cccc(-c2nnc(S[C@H](C)C(=O)c3c(C)[nH]c4ccccc34)n2Cc2ccccc2)c1. The van der Waals surface area contributed by atoms with Crippen molar-refractivity contribution in [2.24, 2.45) is 0 Å². The average molecular weight is 588 g/mol. The Bertz CT molecular complexity index is 1790. The second-order valence-corrected chi connectivity index (χ2v) is 13.0. The average Bonchev–Trinajstić information content (AvgIpc) is 3.53. The van der Waals surface area contributed by atoms with E-state index < -0.39 is 15.3 Å². The summed E-state index contributed by atoms with van der Waals surface area (Å²) in [7, 11) is -3.65. The highest BCUT2D eigenvalue weighted by Crippen LogP contribution is 2.32. The molecule has 0 aliphatic rings. The number of nitrogens with zero attached hydrogens (tertiary/aromatic N) is 4. The molecule has 0 unspecified atom stereocenters. The molecule has 8 nitrogen and oxygen atoms in total. The number of nitrogens with one attached hydrogen (secondary N) is 1. The number of carbonyl (C=O) groups is 1. The number of rotatable bonds is 11. The molecule has 0 radical (unpaired) electrons. The Labute approximate surface area is 244 Å². The van der Waals surface area contributed by atoms with Gasteiger partial charge in [0, 0.05) is 40.8 Å². The molecule has 2 aromatic heterocycles. The molecule has 0 saturated carbocycles. The zero-order chi connectivity index (χ0) is 29.1. The Balaban J connectivity index is 1.53. The van der Waals surface area contributed by atoms with Gasteiger partial charge in [-0.3, -0.25) is 9.36 Å². The van der Waals surface area contributed by atoms with Crippen LogP contribution < -0.4 is 0 Å². The molecule has 2 heterocycles. The number of aromatic nitrogens is 4. The van der Waals surface area contributed by atoms with Crippen LogP contribution in [0.25, 0.3) is 22.3 Å². The van der Waals surface area contributed by atoms with Crippen molar-refractivity contribution in [3.63, 3.8) is 0 Å². The molecule has 1 atom stereocenters. The molecule has 0 fully saturated rings. The van der Waals surface area contributed by atoms with Gasteiger partial charge in [-0.2, -0.15) is 4.31 Å². The summed E-state index contributed by atoms with van der Waals surface area (Å²) in [5.41, 5.74) is 4.12. The van der Waals surface area contributed by atoms with Crippen molar-refractivity contribution in [2.45, 2.75) is 49.5 Å². The van der Waals surface area contributed by atoms with E-state index in [2.05, 4.69) is 15.2 Å². The Kier molecular flexibility index (Phi) is 8.44. The lowest BCUT2D eigenvalue weighted by Crippen LogP contribution is -2.30. The van der Waals surface area contributed by atoms with Crippen molar-refractivity contribution in [1.29, 1.82) is 0 Å². The van der Waals surface area contributed by atoms with Crippen LogP contribution in [0.1, 0.15) is 42.4 Å². The Morgan fingerprint density at radius 3 is 2.41 bits per heavy atom. The topological polar surface area (TPSA) is 101 Å². The zero-order valence-electron chi connectivity index (χ0n) is 23.5. The molecule has 1 N–H and O–H groups in total. The summed E-state index contributed by atoms with van der Waals surface area (Å²) < 4.78 is 29.9. The van der Waals surface area contributed by atoms with Crippen molar-refractivity contribution in [3.05, 3.63) is 95.7 Å². The summed E-state index contributed by atoms with van der Waals surface area (Å²) in [6.45, 7) is 8.68. The number of sulfonamides is 1. The Morgan fingerprint density at radius 2 is 1.68 bits per heavy atom. The van der Waals surface area contributed by atoms with Gasteiger partial charge < -0.3 is 4.98 Å². The van der Waals surface area contributed by atoms with E-state index in [1.165, 1.54) is 16.1 Å². The summed E-state index contributed by atoms with van der Waals surface area (Å²) in [6, 6.07) is 24.5. The first kappa shape index (κ1) is 28.8. The van der Waals surface area contributed by atoms with E-state index in [9.17, 15) is 13.2 Å². The molecule has 0 amide bonds. The summed E-state index contributed by atoms with van der Waals surface area (Å²) in [6.07, 6.45) is 0. The molecular formula is C31H33N5O3S2. The van der Waals surface area contributed by atoms with Crippen LogP contribution in [0.2, 0.25) is 0 Å². The minimum Gasteiger partial charge on any atom is -0.358 e.